The zero-order valence-electron chi connectivity index (χ0n) is 10.8. The van der Waals surface area contributed by atoms with Crippen LogP contribution >= 0.6 is 0 Å². The Bertz CT molecular complexity index is 587. The van der Waals surface area contributed by atoms with Crippen molar-refractivity contribution < 1.29 is 19.5 Å². The van der Waals surface area contributed by atoms with E-state index in [9.17, 15) is 14.4 Å². The summed E-state index contributed by atoms with van der Waals surface area (Å²) in [6, 6.07) is 0.667. The van der Waals surface area contributed by atoms with Gasteiger partial charge in [-0.2, -0.15) is 0 Å². The predicted molar refractivity (Wildman–Crippen MR) is 70.2 cm³/mol. The van der Waals surface area contributed by atoms with E-state index in [1.807, 2.05) is 0 Å². The number of nitrogens with zero attached hydrogens (tertiary/aromatic N) is 2. The van der Waals surface area contributed by atoms with Gasteiger partial charge in [0.15, 0.2) is 5.82 Å². The lowest BCUT2D eigenvalue weighted by molar-refractivity contribution is -0.132. The molecule has 1 atom stereocenters. The quantitative estimate of drug-likeness (QED) is 0.642. The molecule has 1 unspecified atom stereocenters. The Labute approximate surface area is 114 Å². The zero-order valence-corrected chi connectivity index (χ0v) is 10.8. The van der Waals surface area contributed by atoms with Crippen molar-refractivity contribution in [3.63, 3.8) is 0 Å². The highest BCUT2D eigenvalue weighted by Gasteiger charge is 2.34. The second kappa shape index (κ2) is 5.16. The predicted octanol–water partition coefficient (Wildman–Crippen LogP) is -0.397. The number of anilines is 2. The number of nitrogens with one attached hydrogen (secondary N) is 1. The molecule has 1 aliphatic rings. The van der Waals surface area contributed by atoms with Gasteiger partial charge in [-0.25, -0.2) is 9.78 Å². The van der Waals surface area contributed by atoms with Gasteiger partial charge in [-0.3, -0.25) is 14.9 Å². The summed E-state index contributed by atoms with van der Waals surface area (Å²) >= 11 is 0. The van der Waals surface area contributed by atoms with Crippen LogP contribution in [0.15, 0.2) is 12.3 Å². The summed E-state index contributed by atoms with van der Waals surface area (Å²) in [5, 5.41) is 11.3. The van der Waals surface area contributed by atoms with E-state index in [4.69, 9.17) is 10.8 Å². The number of imide groups is 1. The molecule has 20 heavy (non-hydrogen) atoms. The van der Waals surface area contributed by atoms with Crippen LogP contribution in [0.2, 0.25) is 0 Å². The fourth-order valence-electron chi connectivity index (χ4n) is 2.17. The first kappa shape index (κ1) is 13.8. The number of amides is 2. The van der Waals surface area contributed by atoms with Gasteiger partial charge in [0.1, 0.15) is 6.04 Å². The van der Waals surface area contributed by atoms with Crippen LogP contribution in [0.25, 0.3) is 0 Å². The molecule has 1 aromatic heterocycles. The normalized spacial score (nSPS) is 18.9. The molecule has 2 rings (SSSR count). The number of pyridine rings is 1. The third-order valence-corrected chi connectivity index (χ3v) is 3.11. The highest BCUT2D eigenvalue weighted by atomic mass is 16.4. The standard InChI is InChI=1S/C12H14N4O4/c1-2-7-11(18)15-8(17)5-16(7)10-9(13)6(12(19)20)3-4-14-10/h3-4,7H,2,5,13H2,1H3,(H,19,20)(H,15,17,18). The molecule has 0 aliphatic carbocycles. The minimum atomic E-state index is -1.19. The molecule has 1 fully saturated rings. The van der Waals surface area contributed by atoms with Crippen LogP contribution in [-0.4, -0.2) is 40.5 Å². The number of aromatic nitrogens is 1. The van der Waals surface area contributed by atoms with Crippen LogP contribution in [0.1, 0.15) is 23.7 Å². The third kappa shape index (κ3) is 2.27. The summed E-state index contributed by atoms with van der Waals surface area (Å²) < 4.78 is 0. The van der Waals surface area contributed by atoms with E-state index < -0.39 is 23.8 Å². The Morgan fingerprint density at radius 1 is 1.60 bits per heavy atom. The molecule has 106 valence electrons. The maximum Gasteiger partial charge on any atom is 0.337 e. The van der Waals surface area contributed by atoms with E-state index in [0.29, 0.717) is 6.42 Å². The Morgan fingerprint density at radius 3 is 2.90 bits per heavy atom. The van der Waals surface area contributed by atoms with E-state index in [1.54, 1.807) is 6.92 Å². The van der Waals surface area contributed by atoms with Crippen LogP contribution < -0.4 is 16.0 Å². The molecule has 0 radical (unpaired) electrons. The van der Waals surface area contributed by atoms with Crippen LogP contribution in [-0.2, 0) is 9.59 Å². The number of aromatic carboxylic acids is 1. The van der Waals surface area contributed by atoms with Crippen LogP contribution in [0.3, 0.4) is 0 Å². The van der Waals surface area contributed by atoms with E-state index in [2.05, 4.69) is 10.3 Å². The van der Waals surface area contributed by atoms with Crippen LogP contribution in [0.5, 0.6) is 0 Å². The number of carboxylic acid groups (broad SMARTS) is 1. The highest BCUT2D eigenvalue weighted by Crippen LogP contribution is 2.27. The maximum atomic E-state index is 11.8. The van der Waals surface area contributed by atoms with E-state index in [0.717, 1.165) is 0 Å². The molecular weight excluding hydrogens is 264 g/mol. The SMILES string of the molecule is CCC1C(=O)NC(=O)CN1c1nccc(C(=O)O)c1N. The molecule has 1 saturated heterocycles. The zero-order chi connectivity index (χ0) is 14.9. The number of carbonyl (C=O) groups is 3. The van der Waals surface area contributed by atoms with Crippen molar-refractivity contribution in [2.24, 2.45) is 0 Å². The smallest absolute Gasteiger partial charge is 0.337 e. The highest BCUT2D eigenvalue weighted by molar-refractivity contribution is 6.05. The minimum Gasteiger partial charge on any atom is -0.478 e. The van der Waals surface area contributed by atoms with Gasteiger partial charge in [0, 0.05) is 6.20 Å². The molecule has 4 N–H and O–H groups in total. The molecule has 0 aromatic carbocycles. The number of carbonyl (C=O) groups excluding carboxylic acids is 2. The number of nitrogens with two attached hydrogens (primary N) is 1. The fourth-order valence-corrected chi connectivity index (χ4v) is 2.17. The van der Waals surface area contributed by atoms with Crippen molar-refractivity contribution in [2.75, 3.05) is 17.2 Å². The first-order valence-electron chi connectivity index (χ1n) is 6.03. The number of hydrogen-bond donors (Lipinski definition) is 3. The monoisotopic (exact) mass is 278 g/mol. The first-order chi connectivity index (χ1) is 9.45. The summed E-state index contributed by atoms with van der Waals surface area (Å²) in [6.45, 7) is 1.69. The molecule has 2 amide bonds. The van der Waals surface area contributed by atoms with E-state index >= 15 is 0 Å². The van der Waals surface area contributed by atoms with Gasteiger partial charge >= 0.3 is 5.97 Å². The summed E-state index contributed by atoms with van der Waals surface area (Å²) in [6.07, 6.45) is 1.73. The minimum absolute atomic E-state index is 0.0547. The van der Waals surface area contributed by atoms with Crippen molar-refractivity contribution in [1.82, 2.24) is 10.3 Å². The summed E-state index contributed by atoms with van der Waals surface area (Å²) in [5.74, 6) is -1.96. The Morgan fingerprint density at radius 2 is 2.30 bits per heavy atom. The Balaban J connectivity index is 2.48. The number of piperazine rings is 1. The van der Waals surface area contributed by atoms with Gasteiger partial charge in [-0.05, 0) is 12.5 Å². The largest absolute Gasteiger partial charge is 0.478 e. The van der Waals surface area contributed by atoms with E-state index in [1.165, 1.54) is 17.2 Å². The molecule has 1 aromatic rings. The lowest BCUT2D eigenvalue weighted by atomic mass is 10.1. The summed E-state index contributed by atoms with van der Waals surface area (Å²) in [4.78, 5) is 39.8. The molecular formula is C12H14N4O4. The number of carboxylic acids is 1. The van der Waals surface area contributed by atoms with Crippen molar-refractivity contribution >= 4 is 29.3 Å². The number of nitrogen functional groups attached to an aromatic ring is 1. The number of hydrogen-bond acceptors (Lipinski definition) is 6. The van der Waals surface area contributed by atoms with E-state index in [-0.39, 0.29) is 23.6 Å². The molecule has 0 spiro atoms. The van der Waals surface area contributed by atoms with Crippen molar-refractivity contribution in [3.8, 4) is 0 Å². The molecule has 1 aliphatic heterocycles. The topological polar surface area (TPSA) is 126 Å². The van der Waals surface area contributed by atoms with Gasteiger partial charge in [0.25, 0.3) is 0 Å². The van der Waals surface area contributed by atoms with Gasteiger partial charge in [-0.1, -0.05) is 6.92 Å². The fraction of sp³-hybridized carbons (Fsp3) is 0.333. The van der Waals surface area contributed by atoms with Gasteiger partial charge in [0.2, 0.25) is 11.8 Å². The van der Waals surface area contributed by atoms with Crippen LogP contribution in [0.4, 0.5) is 11.5 Å². The molecule has 2 heterocycles. The second-order valence-electron chi connectivity index (χ2n) is 4.37. The molecule has 8 nitrogen and oxygen atoms in total. The molecule has 8 heteroatoms. The maximum absolute atomic E-state index is 11.8. The average molecular weight is 278 g/mol. The van der Waals surface area contributed by atoms with Crippen molar-refractivity contribution in [3.05, 3.63) is 17.8 Å². The van der Waals surface area contributed by atoms with Gasteiger partial charge < -0.3 is 15.7 Å². The Hall–Kier alpha value is -2.64. The van der Waals surface area contributed by atoms with Crippen LogP contribution in [0, 0.1) is 0 Å². The van der Waals surface area contributed by atoms with Crippen molar-refractivity contribution in [2.45, 2.75) is 19.4 Å². The molecule has 0 bridgehead atoms. The average Bonchev–Trinajstić information content (AvgIpc) is 2.37. The lowest BCUT2D eigenvalue weighted by Crippen LogP contribution is -2.58. The summed E-state index contributed by atoms with van der Waals surface area (Å²) in [7, 11) is 0. The third-order valence-electron chi connectivity index (χ3n) is 3.11. The number of rotatable bonds is 3. The second-order valence-corrected chi connectivity index (χ2v) is 4.37. The molecule has 0 saturated carbocycles. The Kier molecular flexibility index (Phi) is 3.55. The lowest BCUT2D eigenvalue weighted by Gasteiger charge is -2.34. The summed E-state index contributed by atoms with van der Waals surface area (Å²) in [5.41, 5.74) is 5.63. The van der Waals surface area contributed by atoms with Gasteiger partial charge in [-0.15, -0.1) is 0 Å². The first-order valence-corrected chi connectivity index (χ1v) is 6.03. The van der Waals surface area contributed by atoms with Gasteiger partial charge in [0.05, 0.1) is 17.8 Å². The van der Waals surface area contributed by atoms with Crippen molar-refractivity contribution in [1.29, 1.82) is 0 Å².